The first-order valence-corrected chi connectivity index (χ1v) is 6.06. The molecule has 1 heterocycles. The van der Waals surface area contributed by atoms with Gasteiger partial charge in [0.1, 0.15) is 0 Å². The van der Waals surface area contributed by atoms with E-state index in [9.17, 15) is 0 Å². The summed E-state index contributed by atoms with van der Waals surface area (Å²) >= 11 is 0. The van der Waals surface area contributed by atoms with Crippen LogP contribution in [0.1, 0.15) is 47.5 Å². The van der Waals surface area contributed by atoms with E-state index in [2.05, 4.69) is 44.8 Å². The van der Waals surface area contributed by atoms with Gasteiger partial charge in [0.2, 0.25) is 0 Å². The van der Waals surface area contributed by atoms with Crippen LogP contribution in [-0.2, 0) is 0 Å². The maximum atomic E-state index is 3.77. The fraction of sp³-hybridized carbons (Fsp3) is 1.00. The lowest BCUT2D eigenvalue weighted by Crippen LogP contribution is -2.62. The molecule has 84 valence electrons. The number of hydrogen-bond donors (Lipinski definition) is 1. The summed E-state index contributed by atoms with van der Waals surface area (Å²) in [6.07, 6.45) is 2.63. The maximum absolute atomic E-state index is 3.77. The number of rotatable bonds is 3. The minimum absolute atomic E-state index is 0.232. The van der Waals surface area contributed by atoms with E-state index < -0.39 is 0 Å². The Morgan fingerprint density at radius 1 is 1.29 bits per heavy atom. The quantitative estimate of drug-likeness (QED) is 0.749. The van der Waals surface area contributed by atoms with Crippen LogP contribution >= 0.6 is 0 Å². The third-order valence-corrected chi connectivity index (χ3v) is 3.94. The van der Waals surface area contributed by atoms with Crippen molar-refractivity contribution in [3.8, 4) is 0 Å². The summed E-state index contributed by atoms with van der Waals surface area (Å²) in [5.74, 6) is 0.818. The highest BCUT2D eigenvalue weighted by Gasteiger charge is 2.36. The van der Waals surface area contributed by atoms with Crippen LogP contribution in [0.2, 0.25) is 0 Å². The van der Waals surface area contributed by atoms with Crippen LogP contribution in [0.4, 0.5) is 0 Å². The first-order chi connectivity index (χ1) is 6.53. The van der Waals surface area contributed by atoms with Crippen molar-refractivity contribution >= 4 is 0 Å². The number of nitrogens with one attached hydrogen (secondary N) is 1. The van der Waals surface area contributed by atoms with Gasteiger partial charge in [-0.05, 0) is 45.7 Å². The highest BCUT2D eigenvalue weighted by atomic mass is 15.3. The summed E-state index contributed by atoms with van der Waals surface area (Å²) in [4.78, 5) is 2.54. The first-order valence-electron chi connectivity index (χ1n) is 6.06. The van der Waals surface area contributed by atoms with Crippen molar-refractivity contribution in [3.05, 3.63) is 0 Å². The molecule has 0 saturated carbocycles. The molecule has 0 spiro atoms. The van der Waals surface area contributed by atoms with Gasteiger partial charge in [0.15, 0.2) is 0 Å². The molecule has 0 aromatic heterocycles. The van der Waals surface area contributed by atoms with Gasteiger partial charge in [0.25, 0.3) is 0 Å². The van der Waals surface area contributed by atoms with Gasteiger partial charge in [-0.3, -0.25) is 10.2 Å². The van der Waals surface area contributed by atoms with Gasteiger partial charge < -0.3 is 0 Å². The SMILES string of the molecule is CCN(CC)C1(C)CCC(C)C(C)N1. The fourth-order valence-corrected chi connectivity index (χ4v) is 2.63. The summed E-state index contributed by atoms with van der Waals surface area (Å²) < 4.78 is 0. The number of hydrogen-bond acceptors (Lipinski definition) is 2. The van der Waals surface area contributed by atoms with Crippen molar-refractivity contribution in [1.82, 2.24) is 10.2 Å². The Bertz CT molecular complexity index is 177. The van der Waals surface area contributed by atoms with Gasteiger partial charge in [-0.2, -0.15) is 0 Å². The standard InChI is InChI=1S/C12H26N2/c1-6-14(7-2)12(5)9-8-10(3)11(4)13-12/h10-11,13H,6-9H2,1-5H3. The Kier molecular flexibility index (Phi) is 3.96. The molecular formula is C12H26N2. The second-order valence-corrected chi connectivity index (χ2v) is 4.90. The molecule has 0 amide bonds. The van der Waals surface area contributed by atoms with Crippen molar-refractivity contribution in [2.24, 2.45) is 5.92 Å². The molecule has 0 radical (unpaired) electrons. The molecule has 14 heavy (non-hydrogen) atoms. The van der Waals surface area contributed by atoms with Crippen LogP contribution < -0.4 is 5.32 Å². The van der Waals surface area contributed by atoms with Gasteiger partial charge in [-0.1, -0.05) is 20.8 Å². The number of piperidine rings is 1. The third kappa shape index (κ3) is 2.29. The van der Waals surface area contributed by atoms with Gasteiger partial charge >= 0.3 is 0 Å². The summed E-state index contributed by atoms with van der Waals surface area (Å²) in [6, 6.07) is 0.648. The van der Waals surface area contributed by atoms with Gasteiger partial charge in [0, 0.05) is 6.04 Å². The molecular weight excluding hydrogens is 172 g/mol. The first kappa shape index (κ1) is 12.0. The minimum Gasteiger partial charge on any atom is -0.297 e. The maximum Gasteiger partial charge on any atom is 0.0685 e. The molecule has 3 unspecified atom stereocenters. The molecule has 2 nitrogen and oxygen atoms in total. The largest absolute Gasteiger partial charge is 0.297 e. The molecule has 3 atom stereocenters. The van der Waals surface area contributed by atoms with Crippen molar-refractivity contribution in [3.63, 3.8) is 0 Å². The molecule has 1 aliphatic heterocycles. The van der Waals surface area contributed by atoms with E-state index in [4.69, 9.17) is 0 Å². The van der Waals surface area contributed by atoms with Gasteiger partial charge in [-0.15, -0.1) is 0 Å². The van der Waals surface area contributed by atoms with Crippen LogP contribution in [0.15, 0.2) is 0 Å². The topological polar surface area (TPSA) is 15.3 Å². The smallest absolute Gasteiger partial charge is 0.0685 e. The highest BCUT2D eigenvalue weighted by Crippen LogP contribution is 2.28. The van der Waals surface area contributed by atoms with Gasteiger partial charge in [-0.25, -0.2) is 0 Å². The molecule has 0 aliphatic carbocycles. The van der Waals surface area contributed by atoms with Crippen LogP contribution in [0.3, 0.4) is 0 Å². The third-order valence-electron chi connectivity index (χ3n) is 3.94. The molecule has 0 aromatic rings. The van der Waals surface area contributed by atoms with Crippen molar-refractivity contribution < 1.29 is 0 Å². The summed E-state index contributed by atoms with van der Waals surface area (Å²) in [5, 5.41) is 3.77. The van der Waals surface area contributed by atoms with E-state index in [-0.39, 0.29) is 5.66 Å². The van der Waals surface area contributed by atoms with Crippen molar-refractivity contribution in [2.45, 2.75) is 59.2 Å². The molecule has 1 rings (SSSR count). The second-order valence-electron chi connectivity index (χ2n) is 4.90. The zero-order chi connectivity index (χ0) is 10.8. The van der Waals surface area contributed by atoms with Gasteiger partial charge in [0.05, 0.1) is 5.66 Å². The summed E-state index contributed by atoms with van der Waals surface area (Å²) in [7, 11) is 0. The predicted octanol–water partition coefficient (Wildman–Crippen LogP) is 2.45. The van der Waals surface area contributed by atoms with Crippen molar-refractivity contribution in [1.29, 1.82) is 0 Å². The van der Waals surface area contributed by atoms with E-state index in [1.165, 1.54) is 12.8 Å². The Morgan fingerprint density at radius 3 is 2.29 bits per heavy atom. The van der Waals surface area contributed by atoms with Crippen LogP contribution in [0.5, 0.6) is 0 Å². The fourth-order valence-electron chi connectivity index (χ4n) is 2.63. The average Bonchev–Trinajstić information content (AvgIpc) is 2.14. The summed E-state index contributed by atoms with van der Waals surface area (Å²) in [5.41, 5.74) is 0.232. The molecule has 0 aromatic carbocycles. The van der Waals surface area contributed by atoms with E-state index in [0.717, 1.165) is 19.0 Å². The lowest BCUT2D eigenvalue weighted by Gasteiger charge is -2.48. The molecule has 2 heteroatoms. The van der Waals surface area contributed by atoms with Crippen LogP contribution in [0, 0.1) is 5.92 Å². The zero-order valence-corrected chi connectivity index (χ0v) is 10.4. The van der Waals surface area contributed by atoms with Crippen LogP contribution in [-0.4, -0.2) is 29.7 Å². The lowest BCUT2D eigenvalue weighted by atomic mass is 9.86. The second kappa shape index (κ2) is 4.63. The predicted molar refractivity (Wildman–Crippen MR) is 62.3 cm³/mol. The van der Waals surface area contributed by atoms with Crippen molar-refractivity contribution in [2.75, 3.05) is 13.1 Å². The normalized spacial score (nSPS) is 39.0. The van der Waals surface area contributed by atoms with E-state index >= 15 is 0 Å². The minimum atomic E-state index is 0.232. The van der Waals surface area contributed by atoms with E-state index in [1.807, 2.05) is 0 Å². The van der Waals surface area contributed by atoms with E-state index in [0.29, 0.717) is 6.04 Å². The number of nitrogens with zero attached hydrogens (tertiary/aromatic N) is 1. The molecule has 1 saturated heterocycles. The van der Waals surface area contributed by atoms with E-state index in [1.54, 1.807) is 0 Å². The monoisotopic (exact) mass is 198 g/mol. The zero-order valence-electron chi connectivity index (χ0n) is 10.4. The highest BCUT2D eigenvalue weighted by molar-refractivity contribution is 4.91. The molecule has 1 aliphatic rings. The Hall–Kier alpha value is -0.0800. The molecule has 1 fully saturated rings. The lowest BCUT2D eigenvalue weighted by molar-refractivity contribution is 0.0225. The molecule has 1 N–H and O–H groups in total. The Morgan fingerprint density at radius 2 is 1.86 bits per heavy atom. The summed E-state index contributed by atoms with van der Waals surface area (Å²) in [6.45, 7) is 13.8. The average molecular weight is 198 g/mol. The Balaban J connectivity index is 2.65. The Labute approximate surface area is 89.1 Å². The van der Waals surface area contributed by atoms with Crippen LogP contribution in [0.25, 0.3) is 0 Å². The molecule has 0 bridgehead atoms.